The zero-order valence-corrected chi connectivity index (χ0v) is 25.1. The van der Waals surface area contributed by atoms with Crippen LogP contribution in [0.3, 0.4) is 0 Å². The standard InChI is InChI=1S/C12H11BN4O.C9H14BNO4.C6H7BN2O2/c1-15-12-7-6-11(17(12)3)13(18)10-5-4-9(8-14)16(10)2;1-9(2,3)15-8(12)11-6-4-5-7(11)10(13)14;1-8-6-4-3-5(7(10)11)9(6)2/h4-7,18H,2-3H3;4-6,13-14H,1-3H3;3-4,10-11H,2H3. The first-order chi connectivity index (χ1) is 20.6. The zero-order chi connectivity index (χ0) is 33.4. The number of rotatable bonds is 4. The molecule has 0 unspecified atom stereocenters. The molecule has 4 aromatic rings. The summed E-state index contributed by atoms with van der Waals surface area (Å²) in [5.74, 6) is 0.867. The number of hydrogen-bond acceptors (Lipinski definition) is 8. The molecule has 0 spiro atoms. The molecule has 0 saturated heterocycles. The van der Waals surface area contributed by atoms with Crippen LogP contribution in [0.4, 0.5) is 16.4 Å². The van der Waals surface area contributed by atoms with Gasteiger partial charge in [0.25, 0.3) is 0 Å². The first-order valence-electron chi connectivity index (χ1n) is 13.0. The highest BCUT2D eigenvalue weighted by Crippen LogP contribution is 2.10. The molecule has 0 atom stereocenters. The molecule has 44 heavy (non-hydrogen) atoms. The number of nitrogens with zero attached hydrogens (tertiary/aromatic N) is 7. The molecule has 0 aliphatic heterocycles. The summed E-state index contributed by atoms with van der Waals surface area (Å²) in [7, 11) is 1.89. The second-order valence-corrected chi connectivity index (χ2v) is 10.3. The summed E-state index contributed by atoms with van der Waals surface area (Å²) in [6, 6.07) is 14.8. The lowest BCUT2D eigenvalue weighted by atomic mass is 9.61. The Kier molecular flexibility index (Phi) is 12.0. The Morgan fingerprint density at radius 3 is 1.68 bits per heavy atom. The fourth-order valence-electron chi connectivity index (χ4n) is 3.94. The molecular formula is C27H32B3N7O7. The maximum absolute atomic E-state index is 11.6. The third-order valence-corrected chi connectivity index (χ3v) is 6.23. The SMILES string of the molecule is CC(C)(C)OC(=O)n1cccc1B(O)O.[C-]#[N+]c1ccc(B(O)O)n1C.[C-]#[N+]c1ccc(B(O)c2ccc(C#N)n2C)n1C. The number of carbonyl (C=O) groups excluding carboxylic acids is 1. The molecule has 0 radical (unpaired) electrons. The van der Waals surface area contributed by atoms with E-state index in [1.807, 2.05) is 6.07 Å². The van der Waals surface area contributed by atoms with Crippen molar-refractivity contribution in [3.8, 4) is 6.07 Å². The number of ether oxygens (including phenoxy) is 1. The quantitative estimate of drug-likeness (QED) is 0.148. The van der Waals surface area contributed by atoms with Crippen molar-refractivity contribution in [1.82, 2.24) is 18.3 Å². The van der Waals surface area contributed by atoms with Gasteiger partial charge in [-0.05, 0) is 69.3 Å². The molecule has 4 heterocycles. The van der Waals surface area contributed by atoms with Crippen LogP contribution in [-0.2, 0) is 25.9 Å². The van der Waals surface area contributed by atoms with Crippen molar-refractivity contribution in [3.63, 3.8) is 0 Å². The van der Waals surface area contributed by atoms with Gasteiger partial charge in [-0.15, -0.1) is 0 Å². The van der Waals surface area contributed by atoms with Crippen molar-refractivity contribution in [2.24, 2.45) is 21.1 Å². The van der Waals surface area contributed by atoms with Crippen LogP contribution in [-0.4, -0.2) is 76.2 Å². The largest absolute Gasteiger partial charge is 0.529 e. The van der Waals surface area contributed by atoms with Gasteiger partial charge >= 0.3 is 27.2 Å². The van der Waals surface area contributed by atoms with Crippen LogP contribution in [0.25, 0.3) is 9.69 Å². The molecule has 0 aromatic carbocycles. The summed E-state index contributed by atoms with van der Waals surface area (Å²) in [6.07, 6.45) is 0.790. The lowest BCUT2D eigenvalue weighted by Crippen LogP contribution is -2.48. The average Bonchev–Trinajstić information content (AvgIpc) is 3.73. The van der Waals surface area contributed by atoms with Crippen molar-refractivity contribution < 1.29 is 34.7 Å². The zero-order valence-electron chi connectivity index (χ0n) is 25.1. The minimum Gasteiger partial charge on any atom is -0.443 e. The second-order valence-electron chi connectivity index (χ2n) is 10.3. The number of hydrogen-bond donors (Lipinski definition) is 5. The summed E-state index contributed by atoms with van der Waals surface area (Å²) in [5.41, 5.74) is 1.55. The Morgan fingerprint density at radius 1 is 0.795 bits per heavy atom. The summed E-state index contributed by atoms with van der Waals surface area (Å²) < 4.78 is 10.9. The molecule has 0 aliphatic carbocycles. The van der Waals surface area contributed by atoms with Gasteiger partial charge < -0.3 is 53.2 Å². The van der Waals surface area contributed by atoms with Crippen LogP contribution in [0, 0.1) is 24.5 Å². The molecule has 17 heteroatoms. The van der Waals surface area contributed by atoms with Crippen molar-refractivity contribution in [2.75, 3.05) is 0 Å². The fraction of sp³-hybridized carbons (Fsp3) is 0.259. The lowest BCUT2D eigenvalue weighted by Gasteiger charge is -2.20. The highest BCUT2D eigenvalue weighted by atomic mass is 16.6. The van der Waals surface area contributed by atoms with E-state index in [0.29, 0.717) is 34.1 Å². The van der Waals surface area contributed by atoms with Crippen LogP contribution < -0.4 is 22.4 Å². The molecule has 0 amide bonds. The van der Waals surface area contributed by atoms with Gasteiger partial charge in [0.1, 0.15) is 23.0 Å². The van der Waals surface area contributed by atoms with Crippen molar-refractivity contribution in [2.45, 2.75) is 26.4 Å². The highest BCUT2D eigenvalue weighted by molar-refractivity contribution is 6.77. The number of carbonyl (C=O) groups is 1. The molecule has 226 valence electrons. The Bertz CT molecular complexity index is 1650. The third kappa shape index (κ3) is 8.55. The Labute approximate surface area is 256 Å². The Balaban J connectivity index is 0.000000237. The summed E-state index contributed by atoms with van der Waals surface area (Å²) in [6.45, 7) is 18.0. The Morgan fingerprint density at radius 2 is 1.27 bits per heavy atom. The first-order valence-corrected chi connectivity index (χ1v) is 13.0. The molecule has 0 bridgehead atoms. The van der Waals surface area contributed by atoms with E-state index in [4.69, 9.17) is 43.2 Å². The van der Waals surface area contributed by atoms with Crippen molar-refractivity contribution in [3.05, 3.63) is 83.3 Å². The topological polar surface area (TPSA) is 180 Å². The van der Waals surface area contributed by atoms with Gasteiger partial charge in [0, 0.05) is 18.8 Å². The van der Waals surface area contributed by atoms with Crippen LogP contribution in [0.5, 0.6) is 0 Å². The highest BCUT2D eigenvalue weighted by Gasteiger charge is 2.27. The summed E-state index contributed by atoms with van der Waals surface area (Å²) >= 11 is 0. The van der Waals surface area contributed by atoms with E-state index in [1.165, 1.54) is 22.9 Å². The molecule has 14 nitrogen and oxygen atoms in total. The normalized spacial score (nSPS) is 10.2. The van der Waals surface area contributed by atoms with Crippen LogP contribution >= 0.6 is 0 Å². The molecule has 4 aromatic heterocycles. The molecule has 5 N–H and O–H groups in total. The maximum atomic E-state index is 11.6. The minimum absolute atomic E-state index is 0.0873. The number of aromatic nitrogens is 4. The van der Waals surface area contributed by atoms with E-state index >= 15 is 0 Å². The van der Waals surface area contributed by atoms with E-state index in [1.54, 1.807) is 87.4 Å². The van der Waals surface area contributed by atoms with Gasteiger partial charge in [-0.3, -0.25) is 4.57 Å². The van der Waals surface area contributed by atoms with Gasteiger partial charge in [0.2, 0.25) is 11.6 Å². The van der Waals surface area contributed by atoms with Crippen molar-refractivity contribution >= 4 is 61.3 Å². The van der Waals surface area contributed by atoms with E-state index in [2.05, 4.69) is 9.69 Å². The van der Waals surface area contributed by atoms with E-state index in [0.717, 1.165) is 4.57 Å². The predicted molar refractivity (Wildman–Crippen MR) is 166 cm³/mol. The third-order valence-electron chi connectivity index (χ3n) is 6.23. The van der Waals surface area contributed by atoms with Crippen LogP contribution in [0.2, 0.25) is 0 Å². The lowest BCUT2D eigenvalue weighted by molar-refractivity contribution is 0.0540. The molecule has 0 fully saturated rings. The van der Waals surface area contributed by atoms with E-state index < -0.39 is 32.8 Å². The van der Waals surface area contributed by atoms with Crippen LogP contribution in [0.1, 0.15) is 26.5 Å². The minimum atomic E-state index is -1.69. The smallest absolute Gasteiger partial charge is 0.443 e. The second kappa shape index (κ2) is 15.0. The summed E-state index contributed by atoms with van der Waals surface area (Å²) in [4.78, 5) is 18.1. The molecule has 0 saturated carbocycles. The fourth-order valence-corrected chi connectivity index (χ4v) is 3.94. The molecule has 0 aliphatic rings. The average molecular weight is 599 g/mol. The van der Waals surface area contributed by atoms with Gasteiger partial charge in [0.05, 0.1) is 25.3 Å². The molecule has 4 rings (SSSR count). The van der Waals surface area contributed by atoms with Gasteiger partial charge in [0.15, 0.2) is 0 Å². The predicted octanol–water partition coefficient (Wildman–Crippen LogP) is -0.909. The van der Waals surface area contributed by atoms with Crippen LogP contribution in [0.15, 0.2) is 54.7 Å². The van der Waals surface area contributed by atoms with E-state index in [-0.39, 0.29) is 5.59 Å². The van der Waals surface area contributed by atoms with Gasteiger partial charge in [-0.1, -0.05) is 13.1 Å². The van der Waals surface area contributed by atoms with Gasteiger partial charge in [-0.25, -0.2) is 4.79 Å². The monoisotopic (exact) mass is 599 g/mol. The Hall–Kier alpha value is -4.95. The molecular weight excluding hydrogens is 567 g/mol. The summed E-state index contributed by atoms with van der Waals surface area (Å²) in [5, 5.41) is 54.6. The van der Waals surface area contributed by atoms with Gasteiger partial charge in [-0.2, -0.15) is 5.26 Å². The van der Waals surface area contributed by atoms with E-state index in [9.17, 15) is 9.82 Å². The first kappa shape index (κ1) is 35.3. The number of nitriles is 1. The van der Waals surface area contributed by atoms with Crippen molar-refractivity contribution in [1.29, 1.82) is 5.26 Å². The maximum Gasteiger partial charge on any atom is 0.529 e.